The molecule has 3 rings (SSSR count). The van der Waals surface area contributed by atoms with Crippen LogP contribution in [0.5, 0.6) is 0 Å². The second-order valence-corrected chi connectivity index (χ2v) is 6.66. The second-order valence-electron chi connectivity index (χ2n) is 4.75. The van der Waals surface area contributed by atoms with Crippen LogP contribution in [0.15, 0.2) is 35.7 Å². The summed E-state index contributed by atoms with van der Waals surface area (Å²) in [6, 6.07) is 4.94. The molecule has 0 spiro atoms. The van der Waals surface area contributed by atoms with Gasteiger partial charge in [0.25, 0.3) is 10.0 Å². The van der Waals surface area contributed by atoms with Crippen molar-refractivity contribution in [3.63, 3.8) is 0 Å². The van der Waals surface area contributed by atoms with Gasteiger partial charge in [-0.05, 0) is 23.6 Å². The van der Waals surface area contributed by atoms with Crippen LogP contribution in [0.3, 0.4) is 0 Å². The summed E-state index contributed by atoms with van der Waals surface area (Å²) in [6.45, 7) is 0.413. The number of hydrogen-bond acceptors (Lipinski definition) is 4. The lowest BCUT2D eigenvalue weighted by molar-refractivity contribution is 0.0695. The van der Waals surface area contributed by atoms with E-state index in [0.29, 0.717) is 12.0 Å². The van der Waals surface area contributed by atoms with E-state index in [1.165, 1.54) is 16.8 Å². The van der Waals surface area contributed by atoms with Gasteiger partial charge in [0.1, 0.15) is 0 Å². The zero-order valence-corrected chi connectivity index (χ0v) is 11.8. The number of aromatic carboxylic acids is 1. The predicted molar refractivity (Wildman–Crippen MR) is 73.3 cm³/mol. The largest absolute Gasteiger partial charge is 0.478 e. The Morgan fingerprint density at radius 1 is 1.38 bits per heavy atom. The highest BCUT2D eigenvalue weighted by Gasteiger charge is 2.30. The van der Waals surface area contributed by atoms with E-state index in [1.54, 1.807) is 18.2 Å². The van der Waals surface area contributed by atoms with E-state index in [1.807, 2.05) is 0 Å². The number of H-pyrrole nitrogens is 1. The molecule has 0 fully saturated rings. The van der Waals surface area contributed by atoms with Crippen molar-refractivity contribution in [3.8, 4) is 0 Å². The number of benzene rings is 1. The third kappa shape index (κ3) is 2.32. The van der Waals surface area contributed by atoms with Gasteiger partial charge < -0.3 is 10.1 Å². The van der Waals surface area contributed by atoms with Gasteiger partial charge in [-0.1, -0.05) is 12.1 Å². The molecule has 21 heavy (non-hydrogen) atoms. The summed E-state index contributed by atoms with van der Waals surface area (Å²) in [6.07, 6.45) is 2.96. The molecule has 110 valence electrons. The number of aromatic amines is 1. The first-order valence-electron chi connectivity index (χ1n) is 6.33. The third-order valence-electron chi connectivity index (χ3n) is 3.55. The SMILES string of the molecule is O=C(O)c1cccc2c1CCN(S(=O)(=O)c1cnc[nH]1)C2. The summed E-state index contributed by atoms with van der Waals surface area (Å²) in [5.41, 5.74) is 1.68. The average molecular weight is 307 g/mol. The molecule has 0 unspecified atom stereocenters. The van der Waals surface area contributed by atoms with Gasteiger partial charge in [-0.2, -0.15) is 4.31 Å². The molecule has 0 saturated heterocycles. The Morgan fingerprint density at radius 3 is 2.86 bits per heavy atom. The molecular weight excluding hydrogens is 294 g/mol. The Hall–Kier alpha value is -2.19. The molecule has 0 radical (unpaired) electrons. The minimum atomic E-state index is -3.63. The number of aromatic nitrogens is 2. The van der Waals surface area contributed by atoms with E-state index in [9.17, 15) is 18.3 Å². The van der Waals surface area contributed by atoms with Crippen molar-refractivity contribution < 1.29 is 18.3 Å². The molecule has 1 aliphatic rings. The van der Waals surface area contributed by atoms with Gasteiger partial charge >= 0.3 is 5.97 Å². The van der Waals surface area contributed by atoms with Crippen molar-refractivity contribution in [3.05, 3.63) is 47.4 Å². The lowest BCUT2D eigenvalue weighted by Gasteiger charge is -2.28. The molecule has 7 nitrogen and oxygen atoms in total. The summed E-state index contributed by atoms with van der Waals surface area (Å²) in [7, 11) is -3.63. The zero-order chi connectivity index (χ0) is 15.0. The number of sulfonamides is 1. The lowest BCUT2D eigenvalue weighted by atomic mass is 9.95. The minimum absolute atomic E-state index is 0.0420. The Morgan fingerprint density at radius 2 is 2.19 bits per heavy atom. The number of fused-ring (bicyclic) bond motifs is 1. The van der Waals surface area contributed by atoms with Crippen LogP contribution in [0.25, 0.3) is 0 Å². The van der Waals surface area contributed by atoms with Crippen LogP contribution in [0.1, 0.15) is 21.5 Å². The van der Waals surface area contributed by atoms with Crippen molar-refractivity contribution >= 4 is 16.0 Å². The number of imidazole rings is 1. The Balaban J connectivity index is 1.96. The van der Waals surface area contributed by atoms with Crippen molar-refractivity contribution in [2.24, 2.45) is 0 Å². The lowest BCUT2D eigenvalue weighted by Crippen LogP contribution is -2.36. The zero-order valence-electron chi connectivity index (χ0n) is 11.0. The molecule has 2 N–H and O–H groups in total. The first-order chi connectivity index (χ1) is 10.00. The van der Waals surface area contributed by atoms with E-state index >= 15 is 0 Å². The van der Waals surface area contributed by atoms with Gasteiger partial charge in [0.15, 0.2) is 5.03 Å². The van der Waals surface area contributed by atoms with Crippen LogP contribution in [0, 0.1) is 0 Å². The molecule has 0 bridgehead atoms. The molecule has 1 aromatic carbocycles. The molecule has 2 aromatic rings. The maximum atomic E-state index is 12.4. The highest BCUT2D eigenvalue weighted by molar-refractivity contribution is 7.89. The summed E-state index contributed by atoms with van der Waals surface area (Å²) < 4.78 is 26.2. The number of nitrogens with one attached hydrogen (secondary N) is 1. The van der Waals surface area contributed by atoms with E-state index in [-0.39, 0.29) is 23.7 Å². The first kappa shape index (κ1) is 13.8. The van der Waals surface area contributed by atoms with Crippen LogP contribution in [0.2, 0.25) is 0 Å². The standard InChI is InChI=1S/C13H13N3O4S/c17-13(18)11-3-1-2-9-7-16(5-4-10(9)11)21(19,20)12-6-14-8-15-12/h1-3,6,8H,4-5,7H2,(H,14,15)(H,17,18). The van der Waals surface area contributed by atoms with Crippen LogP contribution in [-0.4, -0.2) is 40.3 Å². The normalized spacial score (nSPS) is 15.6. The number of rotatable bonds is 3. The molecule has 0 aliphatic carbocycles. The monoisotopic (exact) mass is 307 g/mol. The molecule has 0 saturated carbocycles. The fourth-order valence-electron chi connectivity index (χ4n) is 2.51. The molecular formula is C13H13N3O4S. The second kappa shape index (κ2) is 4.97. The quantitative estimate of drug-likeness (QED) is 0.875. The molecule has 0 atom stereocenters. The highest BCUT2D eigenvalue weighted by atomic mass is 32.2. The Labute approximate surface area is 121 Å². The minimum Gasteiger partial charge on any atom is -0.478 e. The predicted octanol–water partition coefficient (Wildman–Crippen LogP) is 0.855. The number of carbonyl (C=O) groups is 1. The summed E-state index contributed by atoms with van der Waals surface area (Å²) in [5, 5.41) is 9.21. The van der Waals surface area contributed by atoms with Crippen molar-refractivity contribution in [1.82, 2.24) is 14.3 Å². The van der Waals surface area contributed by atoms with Crippen molar-refractivity contribution in [2.75, 3.05) is 6.54 Å². The van der Waals surface area contributed by atoms with Gasteiger partial charge in [0.2, 0.25) is 0 Å². The fourth-order valence-corrected chi connectivity index (χ4v) is 3.83. The average Bonchev–Trinajstić information content (AvgIpc) is 3.00. The molecule has 2 heterocycles. The van der Waals surface area contributed by atoms with Crippen LogP contribution in [0.4, 0.5) is 0 Å². The van der Waals surface area contributed by atoms with Crippen molar-refractivity contribution in [2.45, 2.75) is 18.0 Å². The topological polar surface area (TPSA) is 103 Å². The number of nitrogens with zero attached hydrogens (tertiary/aromatic N) is 2. The fraction of sp³-hybridized carbons (Fsp3) is 0.231. The molecule has 8 heteroatoms. The number of hydrogen-bond donors (Lipinski definition) is 2. The summed E-state index contributed by atoms with van der Waals surface area (Å²) >= 11 is 0. The number of carboxylic acids is 1. The van der Waals surface area contributed by atoms with Gasteiger partial charge in [0, 0.05) is 13.1 Å². The van der Waals surface area contributed by atoms with E-state index < -0.39 is 16.0 Å². The van der Waals surface area contributed by atoms with Gasteiger partial charge in [0.05, 0.1) is 18.1 Å². The molecule has 1 aliphatic heterocycles. The van der Waals surface area contributed by atoms with Crippen LogP contribution in [-0.2, 0) is 23.0 Å². The summed E-state index contributed by atoms with van der Waals surface area (Å²) in [5.74, 6) is -0.989. The van der Waals surface area contributed by atoms with Gasteiger partial charge in [-0.3, -0.25) is 0 Å². The smallest absolute Gasteiger partial charge is 0.335 e. The van der Waals surface area contributed by atoms with Crippen LogP contribution < -0.4 is 0 Å². The van der Waals surface area contributed by atoms with Gasteiger partial charge in [-0.25, -0.2) is 18.2 Å². The van der Waals surface area contributed by atoms with Gasteiger partial charge in [-0.15, -0.1) is 0 Å². The Kier molecular flexibility index (Phi) is 3.26. The summed E-state index contributed by atoms with van der Waals surface area (Å²) in [4.78, 5) is 17.5. The van der Waals surface area contributed by atoms with Crippen LogP contribution >= 0.6 is 0 Å². The van der Waals surface area contributed by atoms with E-state index in [4.69, 9.17) is 0 Å². The van der Waals surface area contributed by atoms with Crippen molar-refractivity contribution in [1.29, 1.82) is 0 Å². The first-order valence-corrected chi connectivity index (χ1v) is 7.77. The van der Waals surface area contributed by atoms with E-state index in [0.717, 1.165) is 5.56 Å². The highest BCUT2D eigenvalue weighted by Crippen LogP contribution is 2.26. The Bertz CT molecular complexity index is 784. The molecule has 0 amide bonds. The number of carboxylic acid groups (broad SMARTS) is 1. The molecule has 1 aromatic heterocycles. The van der Waals surface area contributed by atoms with E-state index in [2.05, 4.69) is 9.97 Å². The third-order valence-corrected chi connectivity index (χ3v) is 5.32. The maximum Gasteiger partial charge on any atom is 0.335 e. The maximum absolute atomic E-state index is 12.4.